The second kappa shape index (κ2) is 6.19. The molecule has 3 heterocycles. The Labute approximate surface area is 124 Å². The average molecular weight is 297 g/mol. The number of hydrogen-bond donors (Lipinski definition) is 2. The zero-order valence-electron chi connectivity index (χ0n) is 12.2. The van der Waals surface area contributed by atoms with E-state index in [-0.39, 0.29) is 24.6 Å². The SMILES string of the molecule is O=C(O)CCN1CCN(C(=O)NC2CC3CCC2O3)CC1. The molecule has 3 aliphatic heterocycles. The molecule has 0 aromatic heterocycles. The van der Waals surface area contributed by atoms with E-state index in [2.05, 4.69) is 10.2 Å². The Balaban J connectivity index is 1.40. The summed E-state index contributed by atoms with van der Waals surface area (Å²) in [6.45, 7) is 3.37. The number of urea groups is 1. The third-order valence-corrected chi connectivity index (χ3v) is 4.72. The van der Waals surface area contributed by atoms with Crippen LogP contribution in [0.4, 0.5) is 4.79 Å². The number of rotatable bonds is 4. The Morgan fingerprint density at radius 3 is 2.52 bits per heavy atom. The van der Waals surface area contributed by atoms with Gasteiger partial charge in [-0.3, -0.25) is 9.69 Å². The van der Waals surface area contributed by atoms with Crippen LogP contribution in [0.15, 0.2) is 0 Å². The molecule has 3 rings (SSSR count). The summed E-state index contributed by atoms with van der Waals surface area (Å²) in [7, 11) is 0. The number of fused-ring (bicyclic) bond motifs is 2. The largest absolute Gasteiger partial charge is 0.481 e. The molecule has 2 amide bonds. The van der Waals surface area contributed by atoms with Gasteiger partial charge in [0.15, 0.2) is 0 Å². The van der Waals surface area contributed by atoms with Gasteiger partial charge in [0.25, 0.3) is 0 Å². The standard InChI is InChI=1S/C14H23N3O4/c18-13(19)3-4-16-5-7-17(8-6-16)14(20)15-11-9-10-1-2-12(11)21-10/h10-12H,1-9H2,(H,15,20)(H,18,19). The minimum absolute atomic E-state index is 0.00552. The molecule has 3 atom stereocenters. The maximum atomic E-state index is 12.2. The quantitative estimate of drug-likeness (QED) is 0.769. The number of aliphatic carboxylic acids is 1. The van der Waals surface area contributed by atoms with Gasteiger partial charge in [0.1, 0.15) is 0 Å². The molecular formula is C14H23N3O4. The summed E-state index contributed by atoms with van der Waals surface area (Å²) in [5.74, 6) is -0.772. The van der Waals surface area contributed by atoms with Crippen LogP contribution in [0, 0.1) is 0 Å². The van der Waals surface area contributed by atoms with Crippen LogP contribution in [-0.2, 0) is 9.53 Å². The fourth-order valence-corrected chi connectivity index (χ4v) is 3.47. The van der Waals surface area contributed by atoms with Gasteiger partial charge in [0, 0.05) is 32.7 Å². The highest BCUT2D eigenvalue weighted by atomic mass is 16.5. The van der Waals surface area contributed by atoms with Crippen molar-refractivity contribution in [3.05, 3.63) is 0 Å². The van der Waals surface area contributed by atoms with Crippen molar-refractivity contribution in [2.45, 2.75) is 43.9 Å². The van der Waals surface area contributed by atoms with E-state index in [1.165, 1.54) is 0 Å². The Hall–Kier alpha value is -1.34. The topological polar surface area (TPSA) is 82.1 Å². The van der Waals surface area contributed by atoms with E-state index in [1.54, 1.807) is 0 Å². The lowest BCUT2D eigenvalue weighted by Gasteiger charge is -2.35. The van der Waals surface area contributed by atoms with E-state index in [9.17, 15) is 9.59 Å². The zero-order chi connectivity index (χ0) is 14.8. The van der Waals surface area contributed by atoms with Crippen molar-refractivity contribution in [1.29, 1.82) is 0 Å². The van der Waals surface area contributed by atoms with Gasteiger partial charge in [-0.1, -0.05) is 0 Å². The molecule has 0 aromatic carbocycles. The number of carbonyl (C=O) groups is 2. The summed E-state index contributed by atoms with van der Waals surface area (Å²) in [5.41, 5.74) is 0. The average Bonchev–Trinajstić information content (AvgIpc) is 3.08. The molecule has 2 N–H and O–H groups in total. The lowest BCUT2D eigenvalue weighted by Crippen LogP contribution is -2.54. The monoisotopic (exact) mass is 297 g/mol. The molecule has 3 fully saturated rings. The van der Waals surface area contributed by atoms with Crippen LogP contribution < -0.4 is 5.32 Å². The first kappa shape index (κ1) is 14.6. The molecule has 2 bridgehead atoms. The predicted octanol–water partition coefficient (Wildman–Crippen LogP) is 0.108. The molecule has 7 nitrogen and oxygen atoms in total. The van der Waals surface area contributed by atoms with Crippen molar-refractivity contribution in [3.8, 4) is 0 Å². The Bertz CT molecular complexity index is 409. The number of nitrogens with zero attached hydrogens (tertiary/aromatic N) is 2. The van der Waals surface area contributed by atoms with Crippen LogP contribution in [0.5, 0.6) is 0 Å². The number of amides is 2. The molecule has 0 aromatic rings. The highest BCUT2D eigenvalue weighted by molar-refractivity contribution is 5.74. The van der Waals surface area contributed by atoms with E-state index >= 15 is 0 Å². The van der Waals surface area contributed by atoms with Gasteiger partial charge < -0.3 is 20.1 Å². The van der Waals surface area contributed by atoms with Crippen molar-refractivity contribution in [2.75, 3.05) is 32.7 Å². The first-order valence-corrected chi connectivity index (χ1v) is 7.77. The molecule has 3 saturated heterocycles. The van der Waals surface area contributed by atoms with E-state index in [4.69, 9.17) is 9.84 Å². The van der Waals surface area contributed by atoms with Gasteiger partial charge in [0.05, 0.1) is 24.7 Å². The third kappa shape index (κ3) is 3.47. The number of ether oxygens (including phenoxy) is 1. The van der Waals surface area contributed by atoms with Crippen LogP contribution in [0.1, 0.15) is 25.7 Å². The normalized spacial score (nSPS) is 32.4. The highest BCUT2D eigenvalue weighted by Gasteiger charge is 2.41. The summed E-state index contributed by atoms with van der Waals surface area (Å²) in [6.07, 6.45) is 3.82. The van der Waals surface area contributed by atoms with Gasteiger partial charge in [-0.15, -0.1) is 0 Å². The molecule has 0 spiro atoms. The Kier molecular flexibility index (Phi) is 4.30. The molecule has 118 valence electrons. The van der Waals surface area contributed by atoms with Crippen LogP contribution in [0.3, 0.4) is 0 Å². The molecule has 0 saturated carbocycles. The number of carboxylic acids is 1. The molecule has 3 unspecified atom stereocenters. The maximum absolute atomic E-state index is 12.2. The smallest absolute Gasteiger partial charge is 0.317 e. The van der Waals surface area contributed by atoms with Crippen molar-refractivity contribution in [2.24, 2.45) is 0 Å². The number of carboxylic acid groups (broad SMARTS) is 1. The van der Waals surface area contributed by atoms with Crippen LogP contribution in [-0.4, -0.2) is 77.9 Å². The second-order valence-corrected chi connectivity index (χ2v) is 6.14. The van der Waals surface area contributed by atoms with Crippen molar-refractivity contribution in [1.82, 2.24) is 15.1 Å². The summed E-state index contributed by atoms with van der Waals surface area (Å²) in [6, 6.07) is 0.162. The van der Waals surface area contributed by atoms with Gasteiger partial charge >= 0.3 is 12.0 Å². The fraction of sp³-hybridized carbons (Fsp3) is 0.857. The van der Waals surface area contributed by atoms with E-state index < -0.39 is 5.97 Å². The van der Waals surface area contributed by atoms with Gasteiger partial charge in [-0.25, -0.2) is 4.79 Å². The molecule has 3 aliphatic rings. The minimum Gasteiger partial charge on any atom is -0.481 e. The van der Waals surface area contributed by atoms with Crippen LogP contribution in [0.2, 0.25) is 0 Å². The maximum Gasteiger partial charge on any atom is 0.317 e. The number of nitrogens with one attached hydrogen (secondary N) is 1. The summed E-state index contributed by atoms with van der Waals surface area (Å²) >= 11 is 0. The third-order valence-electron chi connectivity index (χ3n) is 4.72. The van der Waals surface area contributed by atoms with Gasteiger partial charge in [-0.05, 0) is 19.3 Å². The molecular weight excluding hydrogens is 274 g/mol. The van der Waals surface area contributed by atoms with E-state index in [0.717, 1.165) is 32.4 Å². The molecule has 0 radical (unpaired) electrons. The highest BCUT2D eigenvalue weighted by Crippen LogP contribution is 2.34. The van der Waals surface area contributed by atoms with Gasteiger partial charge in [0.2, 0.25) is 0 Å². The Morgan fingerprint density at radius 1 is 1.19 bits per heavy atom. The van der Waals surface area contributed by atoms with Crippen LogP contribution >= 0.6 is 0 Å². The molecule has 7 heteroatoms. The van der Waals surface area contributed by atoms with Crippen LogP contribution in [0.25, 0.3) is 0 Å². The second-order valence-electron chi connectivity index (χ2n) is 6.14. The fourth-order valence-electron chi connectivity index (χ4n) is 3.47. The predicted molar refractivity (Wildman–Crippen MR) is 75.1 cm³/mol. The minimum atomic E-state index is -0.772. The van der Waals surface area contributed by atoms with Crippen molar-refractivity contribution >= 4 is 12.0 Å². The van der Waals surface area contributed by atoms with Crippen molar-refractivity contribution < 1.29 is 19.4 Å². The van der Waals surface area contributed by atoms with Gasteiger partial charge in [-0.2, -0.15) is 0 Å². The lowest BCUT2D eigenvalue weighted by atomic mass is 9.96. The summed E-state index contributed by atoms with van der Waals surface area (Å²) < 4.78 is 5.75. The van der Waals surface area contributed by atoms with Crippen molar-refractivity contribution in [3.63, 3.8) is 0 Å². The van der Waals surface area contributed by atoms with E-state index in [1.807, 2.05) is 4.90 Å². The number of piperazine rings is 1. The first-order chi connectivity index (χ1) is 10.1. The molecule has 0 aliphatic carbocycles. The molecule has 21 heavy (non-hydrogen) atoms. The summed E-state index contributed by atoms with van der Waals surface area (Å²) in [5, 5.41) is 11.8. The lowest BCUT2D eigenvalue weighted by molar-refractivity contribution is -0.137. The first-order valence-electron chi connectivity index (χ1n) is 7.77. The summed E-state index contributed by atoms with van der Waals surface area (Å²) in [4.78, 5) is 26.7. The number of carbonyl (C=O) groups excluding carboxylic acids is 1. The zero-order valence-corrected chi connectivity index (χ0v) is 12.2. The Morgan fingerprint density at radius 2 is 1.95 bits per heavy atom. The number of hydrogen-bond acceptors (Lipinski definition) is 4. The van der Waals surface area contributed by atoms with E-state index in [0.29, 0.717) is 25.7 Å².